The van der Waals surface area contributed by atoms with Crippen molar-refractivity contribution in [3.63, 3.8) is 0 Å². The number of nitrogens with zero attached hydrogens (tertiary/aromatic N) is 4. The minimum absolute atomic E-state index is 0.248. The topological polar surface area (TPSA) is 87.9 Å². The number of rotatable bonds is 4. The van der Waals surface area contributed by atoms with Crippen molar-refractivity contribution in [2.75, 3.05) is 5.32 Å². The van der Waals surface area contributed by atoms with E-state index in [1.807, 2.05) is 0 Å². The highest BCUT2D eigenvalue weighted by Crippen LogP contribution is 2.26. The van der Waals surface area contributed by atoms with Crippen LogP contribution in [0.2, 0.25) is 0 Å². The molecule has 0 atom stereocenters. The molecule has 0 aliphatic carbocycles. The van der Waals surface area contributed by atoms with Crippen LogP contribution in [0.25, 0.3) is 11.4 Å². The second-order valence-electron chi connectivity index (χ2n) is 5.23. The van der Waals surface area contributed by atoms with E-state index in [9.17, 15) is 14.0 Å². The van der Waals surface area contributed by atoms with Gasteiger partial charge in [-0.25, -0.2) is 19.2 Å². The number of thiazole rings is 1. The summed E-state index contributed by atoms with van der Waals surface area (Å²) in [7, 11) is 0. The number of amides is 2. The summed E-state index contributed by atoms with van der Waals surface area (Å²) >= 11 is 1.21. The van der Waals surface area contributed by atoms with Gasteiger partial charge in [0.05, 0.1) is 17.7 Å². The quantitative estimate of drug-likeness (QED) is 0.564. The second kappa shape index (κ2) is 7.28. The minimum Gasteiger partial charge on any atom is -0.311 e. The lowest BCUT2D eigenvalue weighted by Crippen LogP contribution is -2.14. The fraction of sp³-hybridized carbons (Fsp3) is 0.0588. The normalized spacial score (nSPS) is 10.4. The molecule has 0 aliphatic rings. The van der Waals surface area contributed by atoms with Crippen molar-refractivity contribution in [1.29, 1.82) is 0 Å². The molecule has 2 aromatic heterocycles. The SMILES string of the molecule is C=[N+](C(=O)c1ccc(F)cc1)c1nc(-c2cc(NC(C)=O)ncn2)cs1. The minimum atomic E-state index is -0.424. The molecule has 2 amide bonds. The number of hydrogen-bond donors (Lipinski definition) is 1. The number of nitrogens with one attached hydrogen (secondary N) is 1. The zero-order chi connectivity index (χ0) is 18.7. The molecule has 2 heterocycles. The maximum absolute atomic E-state index is 13.0. The summed E-state index contributed by atoms with van der Waals surface area (Å²) in [5, 5.41) is 4.64. The summed E-state index contributed by atoms with van der Waals surface area (Å²) < 4.78 is 14.1. The van der Waals surface area contributed by atoms with Crippen LogP contribution in [0, 0.1) is 5.82 Å². The lowest BCUT2D eigenvalue weighted by atomic mass is 10.2. The van der Waals surface area contributed by atoms with Crippen molar-refractivity contribution in [2.45, 2.75) is 6.92 Å². The number of anilines is 1. The van der Waals surface area contributed by atoms with E-state index in [4.69, 9.17) is 0 Å². The van der Waals surface area contributed by atoms with Gasteiger partial charge in [-0.2, -0.15) is 4.58 Å². The molecule has 1 aromatic carbocycles. The number of aromatic nitrogens is 3. The molecule has 0 radical (unpaired) electrons. The molecule has 7 nitrogen and oxygen atoms in total. The Morgan fingerprint density at radius 3 is 2.62 bits per heavy atom. The van der Waals surface area contributed by atoms with Crippen molar-refractivity contribution in [2.24, 2.45) is 0 Å². The molecule has 26 heavy (non-hydrogen) atoms. The largest absolute Gasteiger partial charge is 0.390 e. The van der Waals surface area contributed by atoms with Crippen molar-refractivity contribution in [3.8, 4) is 11.4 Å². The first-order valence-electron chi connectivity index (χ1n) is 7.40. The highest BCUT2D eigenvalue weighted by molar-refractivity contribution is 7.13. The third kappa shape index (κ3) is 3.83. The van der Waals surface area contributed by atoms with Gasteiger partial charge in [0.25, 0.3) is 0 Å². The lowest BCUT2D eigenvalue weighted by molar-refractivity contribution is -0.324. The van der Waals surface area contributed by atoms with Gasteiger partial charge >= 0.3 is 11.0 Å². The van der Waals surface area contributed by atoms with E-state index in [-0.39, 0.29) is 5.91 Å². The van der Waals surface area contributed by atoms with Crippen LogP contribution in [0.1, 0.15) is 17.3 Å². The average molecular weight is 370 g/mol. The van der Waals surface area contributed by atoms with Crippen molar-refractivity contribution in [3.05, 3.63) is 53.4 Å². The zero-order valence-corrected chi connectivity index (χ0v) is 14.5. The number of hydrogen-bond acceptors (Lipinski definition) is 6. The summed E-state index contributed by atoms with van der Waals surface area (Å²) in [4.78, 5) is 36.0. The fourth-order valence-electron chi connectivity index (χ4n) is 2.09. The van der Waals surface area contributed by atoms with Crippen LogP contribution >= 0.6 is 11.3 Å². The number of halogens is 1. The van der Waals surface area contributed by atoms with E-state index in [0.29, 0.717) is 27.9 Å². The van der Waals surface area contributed by atoms with Gasteiger partial charge in [-0.3, -0.25) is 4.79 Å². The van der Waals surface area contributed by atoms with Gasteiger partial charge in [-0.05, 0) is 40.6 Å². The van der Waals surface area contributed by atoms with Crippen molar-refractivity contribution < 1.29 is 18.6 Å². The molecule has 3 rings (SSSR count). The molecule has 130 valence electrons. The summed E-state index contributed by atoms with van der Waals surface area (Å²) in [6, 6.07) is 6.76. The molecule has 0 fully saturated rings. The smallest absolute Gasteiger partial charge is 0.311 e. The fourth-order valence-corrected chi connectivity index (χ4v) is 2.84. The molecule has 0 unspecified atom stereocenters. The average Bonchev–Trinajstić information content (AvgIpc) is 3.11. The Labute approximate surface area is 151 Å². The first kappa shape index (κ1) is 17.5. The Morgan fingerprint density at radius 1 is 1.19 bits per heavy atom. The van der Waals surface area contributed by atoms with Gasteiger partial charge in [0.2, 0.25) is 11.6 Å². The first-order chi connectivity index (χ1) is 12.4. The van der Waals surface area contributed by atoms with Crippen molar-refractivity contribution in [1.82, 2.24) is 15.0 Å². The van der Waals surface area contributed by atoms with Crippen LogP contribution in [-0.2, 0) is 4.79 Å². The molecule has 3 aromatic rings. The summed E-state index contributed by atoms with van der Waals surface area (Å²) in [6.07, 6.45) is 1.31. The predicted molar refractivity (Wildman–Crippen MR) is 95.2 cm³/mol. The Balaban J connectivity index is 1.83. The summed E-state index contributed by atoms with van der Waals surface area (Å²) in [6.45, 7) is 5.10. The van der Waals surface area contributed by atoms with Crippen LogP contribution in [0.5, 0.6) is 0 Å². The van der Waals surface area contributed by atoms with Gasteiger partial charge in [-0.15, -0.1) is 0 Å². The highest BCUT2D eigenvalue weighted by atomic mass is 32.1. The maximum Gasteiger partial charge on any atom is 0.390 e. The Hall–Kier alpha value is -3.33. The third-order valence-corrected chi connectivity index (χ3v) is 4.16. The lowest BCUT2D eigenvalue weighted by Gasteiger charge is -2.00. The molecule has 0 bridgehead atoms. The molecular weight excluding hydrogens is 357 g/mol. The van der Waals surface area contributed by atoms with Crippen LogP contribution in [0.3, 0.4) is 0 Å². The maximum atomic E-state index is 13.0. The zero-order valence-electron chi connectivity index (χ0n) is 13.6. The third-order valence-electron chi connectivity index (χ3n) is 3.29. The Kier molecular flexibility index (Phi) is 4.90. The van der Waals surface area contributed by atoms with Gasteiger partial charge in [-0.1, -0.05) is 0 Å². The van der Waals surface area contributed by atoms with E-state index in [1.165, 1.54) is 48.9 Å². The van der Waals surface area contributed by atoms with E-state index < -0.39 is 11.7 Å². The van der Waals surface area contributed by atoms with Crippen LogP contribution in [0.4, 0.5) is 15.3 Å². The summed E-state index contributed by atoms with van der Waals surface area (Å²) in [5.74, 6) is -0.728. The molecule has 0 aliphatic heterocycles. The van der Waals surface area contributed by atoms with E-state index >= 15 is 0 Å². The molecule has 0 spiro atoms. The van der Waals surface area contributed by atoms with E-state index in [1.54, 1.807) is 11.4 Å². The van der Waals surface area contributed by atoms with E-state index in [0.717, 1.165) is 4.58 Å². The van der Waals surface area contributed by atoms with Crippen LogP contribution < -0.4 is 5.32 Å². The van der Waals surface area contributed by atoms with Gasteiger partial charge < -0.3 is 5.32 Å². The molecule has 9 heteroatoms. The van der Waals surface area contributed by atoms with E-state index in [2.05, 4.69) is 27.0 Å². The van der Waals surface area contributed by atoms with Gasteiger partial charge in [0, 0.05) is 13.0 Å². The monoisotopic (exact) mass is 370 g/mol. The predicted octanol–water partition coefficient (Wildman–Crippen LogP) is 2.88. The Morgan fingerprint density at radius 2 is 1.92 bits per heavy atom. The van der Waals surface area contributed by atoms with Crippen LogP contribution in [-0.4, -0.2) is 38.1 Å². The van der Waals surface area contributed by atoms with Crippen LogP contribution in [0.15, 0.2) is 42.0 Å². The van der Waals surface area contributed by atoms with Gasteiger partial charge in [0.15, 0.2) is 0 Å². The highest BCUT2D eigenvalue weighted by Gasteiger charge is 2.23. The number of carbonyl (C=O) groups is 2. The first-order valence-corrected chi connectivity index (χ1v) is 8.28. The second-order valence-corrected chi connectivity index (χ2v) is 6.06. The molecule has 1 N–H and O–H groups in total. The standard InChI is InChI=1S/C17H12FN5O2S/c1-10(24)21-15-7-13(19-9-20-15)14-8-26-17(22-14)23(2)16(25)11-3-5-12(18)6-4-11/h3-9H,2H2,1H3/p+1. The number of carbonyl (C=O) groups excluding carboxylic acids is 2. The molecule has 0 saturated heterocycles. The van der Waals surface area contributed by atoms with Gasteiger partial charge in [0.1, 0.15) is 23.7 Å². The Bertz CT molecular complexity index is 1000. The number of benzene rings is 1. The molecular formula is C17H13FN5O2S+. The van der Waals surface area contributed by atoms with Crippen molar-refractivity contribution >= 4 is 40.8 Å². The summed E-state index contributed by atoms with van der Waals surface area (Å²) in [5.41, 5.74) is 1.31. The molecule has 0 saturated carbocycles.